The summed E-state index contributed by atoms with van der Waals surface area (Å²) in [6.45, 7) is 1.72. The maximum atomic E-state index is 15.1. The van der Waals surface area contributed by atoms with Crippen molar-refractivity contribution in [1.29, 1.82) is 0 Å². The molecule has 2 unspecified atom stereocenters. The van der Waals surface area contributed by atoms with E-state index in [0.717, 1.165) is 57.2 Å². The molecule has 8 rings (SSSR count). The van der Waals surface area contributed by atoms with Crippen LogP contribution in [-0.4, -0.2) is 34.1 Å². The maximum absolute atomic E-state index is 15.1. The first-order chi connectivity index (χ1) is 18.8. The molecule has 1 N–H and O–H groups in total. The molecule has 1 amide bonds. The van der Waals surface area contributed by atoms with Crippen molar-refractivity contribution in [3.63, 3.8) is 0 Å². The minimum atomic E-state index is -0.781. The summed E-state index contributed by atoms with van der Waals surface area (Å²) in [6.07, 6.45) is 11.5. The van der Waals surface area contributed by atoms with E-state index in [-0.39, 0.29) is 27.8 Å². The van der Waals surface area contributed by atoms with Crippen LogP contribution in [0, 0.1) is 34.8 Å². The van der Waals surface area contributed by atoms with Crippen molar-refractivity contribution in [2.24, 2.45) is 23.2 Å². The molecular weight excluding hydrogens is 498 g/mol. The Kier molecular flexibility index (Phi) is 4.91. The molecule has 3 heterocycles. The van der Waals surface area contributed by atoms with Crippen LogP contribution in [-0.2, 0) is 0 Å². The molecule has 4 aliphatic carbocycles. The third-order valence-corrected chi connectivity index (χ3v) is 10.8. The number of nitrogens with one attached hydrogen (secondary N) is 1. The van der Waals surface area contributed by atoms with E-state index in [1.54, 1.807) is 6.07 Å². The summed E-state index contributed by atoms with van der Waals surface area (Å²) in [5.41, 5.74) is 0.00391. The third-order valence-electron chi connectivity index (χ3n) is 10.8. The summed E-state index contributed by atoms with van der Waals surface area (Å²) in [6, 6.07) is 6.83. The molecule has 6 nitrogen and oxygen atoms in total. The van der Waals surface area contributed by atoms with Crippen molar-refractivity contribution >= 4 is 22.8 Å². The quantitative estimate of drug-likeness (QED) is 0.494. The number of fused-ring (bicyclic) bond motifs is 3. The van der Waals surface area contributed by atoms with Crippen LogP contribution in [0.2, 0.25) is 0 Å². The number of piperidine rings is 1. The molecular formula is C31H32F2N4O2. The van der Waals surface area contributed by atoms with Gasteiger partial charge < -0.3 is 10.2 Å². The lowest BCUT2D eigenvalue weighted by molar-refractivity contribution is -0.000692. The van der Waals surface area contributed by atoms with E-state index in [2.05, 4.69) is 10.2 Å². The van der Waals surface area contributed by atoms with E-state index < -0.39 is 23.0 Å². The standard InChI is InChI=1S/C31H32F2N4O2/c32-21-4-6-25(24(33)12-21)37-16-23(27(38)22-5-7-26(34-28(22)37)36-8-2-1-3-9-36)29(39)35-30-13-18-10-19-11-20(15-30)31(19,14-18)17-30/h4-7,12,16,18-20H,1-3,8-11,13-15,17H2,(H,35,39)/t18-,19?,20?,30-,31+/m1/s1. The van der Waals surface area contributed by atoms with Crippen LogP contribution < -0.4 is 15.6 Å². The number of pyridine rings is 2. The van der Waals surface area contributed by atoms with Crippen molar-refractivity contribution in [2.75, 3.05) is 18.0 Å². The van der Waals surface area contributed by atoms with Crippen LogP contribution in [0.3, 0.4) is 0 Å². The van der Waals surface area contributed by atoms with Crippen molar-refractivity contribution in [1.82, 2.24) is 14.9 Å². The molecule has 3 bridgehead atoms. The third kappa shape index (κ3) is 3.39. The highest BCUT2D eigenvalue weighted by molar-refractivity contribution is 5.98. The van der Waals surface area contributed by atoms with E-state index in [1.807, 2.05) is 6.07 Å². The predicted molar refractivity (Wildman–Crippen MR) is 144 cm³/mol. The zero-order chi connectivity index (χ0) is 26.5. The number of aromatic nitrogens is 2. The number of nitrogens with zero attached hydrogens (tertiary/aromatic N) is 3. The van der Waals surface area contributed by atoms with Gasteiger partial charge in [-0.3, -0.25) is 14.2 Å². The lowest BCUT2D eigenvalue weighted by Gasteiger charge is -2.49. The number of halogens is 2. The summed E-state index contributed by atoms with van der Waals surface area (Å²) in [5, 5.41) is 3.58. The van der Waals surface area contributed by atoms with Gasteiger partial charge in [-0.15, -0.1) is 0 Å². The fourth-order valence-electron chi connectivity index (χ4n) is 9.33. The van der Waals surface area contributed by atoms with Crippen molar-refractivity contribution in [3.8, 4) is 5.69 Å². The molecule has 8 heteroatoms. The summed E-state index contributed by atoms with van der Waals surface area (Å²) in [7, 11) is 0. The molecule has 5 fully saturated rings. The highest BCUT2D eigenvalue weighted by Crippen LogP contribution is 2.76. The Hall–Kier alpha value is -3.29. The number of hydrogen-bond donors (Lipinski definition) is 1. The lowest BCUT2D eigenvalue weighted by atomic mass is 9.56. The smallest absolute Gasteiger partial charge is 0.257 e. The Bertz CT molecular complexity index is 1590. The average molecular weight is 531 g/mol. The zero-order valence-corrected chi connectivity index (χ0v) is 21.9. The molecule has 3 aromatic rings. The van der Waals surface area contributed by atoms with Gasteiger partial charge in [-0.25, -0.2) is 13.8 Å². The van der Waals surface area contributed by atoms with Crippen molar-refractivity contribution < 1.29 is 13.6 Å². The molecule has 1 saturated heterocycles. The summed E-state index contributed by atoms with van der Waals surface area (Å²) >= 11 is 0. The Morgan fingerprint density at radius 1 is 1.00 bits per heavy atom. The van der Waals surface area contributed by atoms with Gasteiger partial charge in [0.1, 0.15) is 23.0 Å². The summed E-state index contributed by atoms with van der Waals surface area (Å²) in [5.74, 6) is 0.950. The van der Waals surface area contributed by atoms with Crippen LogP contribution in [0.4, 0.5) is 14.6 Å². The van der Waals surface area contributed by atoms with Crippen LogP contribution in [0.25, 0.3) is 16.7 Å². The van der Waals surface area contributed by atoms with Gasteiger partial charge in [0, 0.05) is 30.9 Å². The Labute approximate surface area is 225 Å². The first kappa shape index (κ1) is 23.6. The molecule has 5 aliphatic rings. The summed E-state index contributed by atoms with van der Waals surface area (Å²) in [4.78, 5) is 34.6. The SMILES string of the molecule is O=C(N[C@@]12CC3CC4C[C@H](C1)C[C@]43C2)c1cn(-c2ccc(F)cc2F)c2nc(N3CCCCC3)ccc2c1=O. The van der Waals surface area contributed by atoms with Gasteiger partial charge in [-0.2, -0.15) is 0 Å². The molecule has 2 aromatic heterocycles. The van der Waals surface area contributed by atoms with Crippen LogP contribution in [0.15, 0.2) is 41.3 Å². The first-order valence-corrected chi connectivity index (χ1v) is 14.4. The van der Waals surface area contributed by atoms with Gasteiger partial charge in [0.25, 0.3) is 5.91 Å². The van der Waals surface area contributed by atoms with E-state index in [0.29, 0.717) is 23.1 Å². The zero-order valence-electron chi connectivity index (χ0n) is 21.9. The van der Waals surface area contributed by atoms with Crippen LogP contribution >= 0.6 is 0 Å². The number of hydrogen-bond acceptors (Lipinski definition) is 4. The Balaban J connectivity index is 1.23. The number of carbonyl (C=O) groups excluding carboxylic acids is 1. The largest absolute Gasteiger partial charge is 0.357 e. The van der Waals surface area contributed by atoms with E-state index in [9.17, 15) is 14.0 Å². The summed E-state index contributed by atoms with van der Waals surface area (Å²) < 4.78 is 30.4. The Morgan fingerprint density at radius 2 is 1.85 bits per heavy atom. The van der Waals surface area contributed by atoms with Crippen molar-refractivity contribution in [3.05, 3.63) is 63.9 Å². The molecule has 39 heavy (non-hydrogen) atoms. The number of amides is 1. The lowest BCUT2D eigenvalue weighted by Crippen LogP contribution is -2.50. The highest BCUT2D eigenvalue weighted by atomic mass is 19.1. The highest BCUT2D eigenvalue weighted by Gasteiger charge is 2.71. The average Bonchev–Trinajstić information content (AvgIpc) is 3.24. The topological polar surface area (TPSA) is 67.2 Å². The molecule has 1 aromatic carbocycles. The van der Waals surface area contributed by atoms with E-state index in [4.69, 9.17) is 4.98 Å². The molecule has 4 saturated carbocycles. The second-order valence-corrected chi connectivity index (χ2v) is 12.9. The molecule has 1 spiro atoms. The van der Waals surface area contributed by atoms with Gasteiger partial charge in [0.05, 0.1) is 11.1 Å². The molecule has 202 valence electrons. The molecule has 5 atom stereocenters. The van der Waals surface area contributed by atoms with Gasteiger partial charge in [0.15, 0.2) is 5.65 Å². The molecule has 0 radical (unpaired) electrons. The Morgan fingerprint density at radius 3 is 2.67 bits per heavy atom. The van der Waals surface area contributed by atoms with Crippen LogP contribution in [0.5, 0.6) is 0 Å². The van der Waals surface area contributed by atoms with Gasteiger partial charge in [-0.1, -0.05) is 0 Å². The predicted octanol–water partition coefficient (Wildman–Crippen LogP) is 5.35. The normalized spacial score (nSPS) is 32.4. The fraction of sp³-hybridized carbons (Fsp3) is 0.516. The fourth-order valence-corrected chi connectivity index (χ4v) is 9.33. The van der Waals surface area contributed by atoms with E-state index in [1.165, 1.54) is 48.6 Å². The first-order valence-electron chi connectivity index (χ1n) is 14.4. The number of benzene rings is 1. The number of carbonyl (C=O) groups is 1. The minimum absolute atomic E-state index is 0.0284. The van der Waals surface area contributed by atoms with Gasteiger partial charge >= 0.3 is 0 Å². The second kappa shape index (κ2) is 8.12. The second-order valence-electron chi connectivity index (χ2n) is 12.9. The number of anilines is 1. The number of rotatable bonds is 4. The minimum Gasteiger partial charge on any atom is -0.357 e. The van der Waals surface area contributed by atoms with E-state index >= 15 is 4.39 Å². The molecule has 1 aliphatic heterocycles. The van der Waals surface area contributed by atoms with Gasteiger partial charge in [-0.05, 0) is 105 Å². The monoisotopic (exact) mass is 530 g/mol. The maximum Gasteiger partial charge on any atom is 0.257 e. The van der Waals surface area contributed by atoms with Crippen molar-refractivity contribution in [2.45, 2.75) is 63.3 Å². The van der Waals surface area contributed by atoms with Gasteiger partial charge in [0.2, 0.25) is 5.43 Å². The van der Waals surface area contributed by atoms with Crippen LogP contribution in [0.1, 0.15) is 68.1 Å².